The van der Waals surface area contributed by atoms with Crippen LogP contribution in [0, 0.1) is 0 Å². The van der Waals surface area contributed by atoms with Crippen LogP contribution in [0.4, 0.5) is 11.4 Å². The number of nitrogens with zero attached hydrogens (tertiary/aromatic N) is 2. The summed E-state index contributed by atoms with van der Waals surface area (Å²) in [5.41, 5.74) is 5.68. The molecule has 0 bridgehead atoms. The molecule has 0 saturated carbocycles. The van der Waals surface area contributed by atoms with Crippen molar-refractivity contribution in [3.63, 3.8) is 0 Å². The molecule has 0 aliphatic carbocycles. The zero-order valence-electron chi connectivity index (χ0n) is 12.1. The van der Waals surface area contributed by atoms with Crippen LogP contribution in [-0.4, -0.2) is 27.7 Å². The number of nitrogens with one attached hydrogen (secondary N) is 2. The number of pyridine rings is 1. The number of carboxylic acid groups (broad SMARTS) is 1. The molecule has 0 fully saturated rings. The van der Waals surface area contributed by atoms with E-state index >= 15 is 0 Å². The highest BCUT2D eigenvalue weighted by molar-refractivity contribution is 6.10. The smallest absolute Gasteiger partial charge is 0.335 e. The van der Waals surface area contributed by atoms with Crippen LogP contribution < -0.4 is 10.7 Å². The molecule has 23 heavy (non-hydrogen) atoms. The fourth-order valence-electron chi connectivity index (χ4n) is 2.23. The summed E-state index contributed by atoms with van der Waals surface area (Å²) in [5.74, 6) is -1.05. The molecule has 1 aliphatic heterocycles. The molecule has 1 aromatic carbocycles. The number of hydrogen-bond acceptors (Lipinski definition) is 5. The molecular weight excluding hydrogens is 296 g/mol. The third-order valence-electron chi connectivity index (χ3n) is 3.40. The summed E-state index contributed by atoms with van der Waals surface area (Å²) < 4.78 is 0. The number of carbonyl (C=O) groups is 2. The van der Waals surface area contributed by atoms with E-state index < -0.39 is 5.97 Å². The van der Waals surface area contributed by atoms with Gasteiger partial charge in [-0.1, -0.05) is 0 Å². The summed E-state index contributed by atoms with van der Waals surface area (Å²) in [6.45, 7) is 0. The fourth-order valence-corrected chi connectivity index (χ4v) is 2.23. The third kappa shape index (κ3) is 3.34. The maximum absolute atomic E-state index is 11.7. The van der Waals surface area contributed by atoms with Gasteiger partial charge in [0.25, 0.3) is 0 Å². The first kappa shape index (κ1) is 14.7. The lowest BCUT2D eigenvalue weighted by molar-refractivity contribution is -0.116. The van der Waals surface area contributed by atoms with Crippen LogP contribution in [-0.2, 0) is 4.79 Å². The maximum Gasteiger partial charge on any atom is 0.335 e. The second kappa shape index (κ2) is 6.27. The predicted molar refractivity (Wildman–Crippen MR) is 85.7 cm³/mol. The maximum atomic E-state index is 11.7. The number of anilines is 2. The second-order valence-electron chi connectivity index (χ2n) is 5.00. The lowest BCUT2D eigenvalue weighted by Gasteiger charge is -2.07. The number of hydrogen-bond donors (Lipinski definition) is 3. The molecule has 1 amide bonds. The summed E-state index contributed by atoms with van der Waals surface area (Å²) >= 11 is 0. The molecule has 2 aromatic rings. The largest absolute Gasteiger partial charge is 0.478 e. The zero-order valence-corrected chi connectivity index (χ0v) is 12.1. The molecule has 116 valence electrons. The third-order valence-corrected chi connectivity index (χ3v) is 3.40. The zero-order chi connectivity index (χ0) is 16.2. The van der Waals surface area contributed by atoms with E-state index in [-0.39, 0.29) is 11.5 Å². The van der Waals surface area contributed by atoms with E-state index in [0.29, 0.717) is 35.6 Å². The predicted octanol–water partition coefficient (Wildman–Crippen LogP) is 2.33. The Morgan fingerprint density at radius 2 is 2.00 bits per heavy atom. The van der Waals surface area contributed by atoms with E-state index in [9.17, 15) is 9.59 Å². The van der Waals surface area contributed by atoms with Crippen molar-refractivity contribution in [2.75, 3.05) is 10.7 Å². The minimum atomic E-state index is -0.977. The highest BCUT2D eigenvalue weighted by Crippen LogP contribution is 2.20. The first-order chi connectivity index (χ1) is 11.1. The van der Waals surface area contributed by atoms with E-state index in [1.807, 2.05) is 0 Å². The molecule has 0 unspecified atom stereocenters. The molecule has 0 radical (unpaired) electrons. The van der Waals surface area contributed by atoms with Gasteiger partial charge in [-0.3, -0.25) is 15.2 Å². The Labute approximate surface area is 132 Å². The first-order valence-electron chi connectivity index (χ1n) is 7.04. The van der Waals surface area contributed by atoms with Gasteiger partial charge in [-0.2, -0.15) is 5.10 Å². The van der Waals surface area contributed by atoms with E-state index in [1.165, 1.54) is 12.1 Å². The van der Waals surface area contributed by atoms with Crippen LogP contribution in [0.15, 0.2) is 47.7 Å². The van der Waals surface area contributed by atoms with Crippen LogP contribution in [0.3, 0.4) is 0 Å². The molecule has 7 heteroatoms. The van der Waals surface area contributed by atoms with E-state index in [0.717, 1.165) is 0 Å². The number of hydrazone groups is 1. The molecule has 0 atom stereocenters. The van der Waals surface area contributed by atoms with Crippen molar-refractivity contribution >= 4 is 29.0 Å². The van der Waals surface area contributed by atoms with Gasteiger partial charge >= 0.3 is 5.97 Å². The lowest BCUT2D eigenvalue weighted by Crippen LogP contribution is -2.09. The average molecular weight is 310 g/mol. The van der Waals surface area contributed by atoms with Crippen LogP contribution in [0.1, 0.15) is 28.9 Å². The molecule has 2 heterocycles. The monoisotopic (exact) mass is 310 g/mol. The number of carboxylic acids is 1. The number of benzene rings is 1. The van der Waals surface area contributed by atoms with Gasteiger partial charge in [0, 0.05) is 19.0 Å². The topological polar surface area (TPSA) is 104 Å². The Bertz CT molecular complexity index is 784. The number of carbonyl (C=O) groups excluding carboxylic acids is 1. The van der Waals surface area contributed by atoms with Gasteiger partial charge in [-0.05, 0) is 36.4 Å². The molecular formula is C16H14N4O3. The fraction of sp³-hybridized carbons (Fsp3) is 0.125. The van der Waals surface area contributed by atoms with Crippen LogP contribution in [0.2, 0.25) is 0 Å². The Balaban J connectivity index is 1.84. The standard InChI is InChI=1S/C16H14N4O3/c21-14-8-7-13(15-12(18-14)2-1-9-17-15)20-19-11-5-3-10(4-6-11)16(22)23/h1-6,9,19H,7-8H2,(H,18,21)(H,22,23)/b20-13+. The Kier molecular flexibility index (Phi) is 4.01. The Morgan fingerprint density at radius 3 is 2.74 bits per heavy atom. The molecule has 1 aliphatic rings. The van der Waals surface area contributed by atoms with E-state index in [1.54, 1.807) is 30.5 Å². The van der Waals surface area contributed by atoms with Crippen molar-refractivity contribution in [3.8, 4) is 0 Å². The SMILES string of the molecule is O=C1CC/C(=N\Nc2ccc(C(=O)O)cc2)c2ncccc2N1. The highest BCUT2D eigenvalue weighted by atomic mass is 16.4. The van der Waals surface area contributed by atoms with Crippen molar-refractivity contribution in [2.24, 2.45) is 5.10 Å². The van der Waals surface area contributed by atoms with Crippen molar-refractivity contribution < 1.29 is 14.7 Å². The van der Waals surface area contributed by atoms with Crippen molar-refractivity contribution in [1.82, 2.24) is 4.98 Å². The average Bonchev–Trinajstić information content (AvgIpc) is 2.71. The number of amides is 1. The van der Waals surface area contributed by atoms with E-state index in [2.05, 4.69) is 20.8 Å². The Hall–Kier alpha value is -3.22. The van der Waals surface area contributed by atoms with Gasteiger partial charge in [0.15, 0.2) is 0 Å². The van der Waals surface area contributed by atoms with Crippen molar-refractivity contribution in [3.05, 3.63) is 53.9 Å². The van der Waals surface area contributed by atoms with Gasteiger partial charge in [-0.15, -0.1) is 0 Å². The summed E-state index contributed by atoms with van der Waals surface area (Å²) in [6, 6.07) is 9.78. The van der Waals surface area contributed by atoms with Crippen LogP contribution >= 0.6 is 0 Å². The highest BCUT2D eigenvalue weighted by Gasteiger charge is 2.19. The molecule has 3 N–H and O–H groups in total. The van der Waals surface area contributed by atoms with Gasteiger partial charge in [0.1, 0.15) is 5.69 Å². The van der Waals surface area contributed by atoms with E-state index in [4.69, 9.17) is 5.11 Å². The number of aromatic carboxylic acids is 1. The summed E-state index contributed by atoms with van der Waals surface area (Å²) in [6.07, 6.45) is 2.44. The molecule has 0 spiro atoms. The summed E-state index contributed by atoms with van der Waals surface area (Å²) in [7, 11) is 0. The Morgan fingerprint density at radius 1 is 1.22 bits per heavy atom. The van der Waals surface area contributed by atoms with Crippen LogP contribution in [0.5, 0.6) is 0 Å². The van der Waals surface area contributed by atoms with Gasteiger partial charge < -0.3 is 10.4 Å². The minimum Gasteiger partial charge on any atom is -0.478 e. The van der Waals surface area contributed by atoms with Gasteiger partial charge in [-0.25, -0.2) is 4.79 Å². The quantitative estimate of drug-likeness (QED) is 0.755. The van der Waals surface area contributed by atoms with Crippen LogP contribution in [0.25, 0.3) is 0 Å². The summed E-state index contributed by atoms with van der Waals surface area (Å²) in [4.78, 5) is 26.8. The molecule has 3 rings (SSSR count). The minimum absolute atomic E-state index is 0.0738. The lowest BCUT2D eigenvalue weighted by atomic mass is 10.1. The molecule has 1 aromatic heterocycles. The molecule has 0 saturated heterocycles. The first-order valence-corrected chi connectivity index (χ1v) is 7.04. The molecule has 7 nitrogen and oxygen atoms in total. The van der Waals surface area contributed by atoms with Crippen molar-refractivity contribution in [2.45, 2.75) is 12.8 Å². The second-order valence-corrected chi connectivity index (χ2v) is 5.00. The summed E-state index contributed by atoms with van der Waals surface area (Å²) in [5, 5.41) is 16.0. The van der Waals surface area contributed by atoms with Crippen molar-refractivity contribution in [1.29, 1.82) is 0 Å². The number of aromatic nitrogens is 1. The van der Waals surface area contributed by atoms with Gasteiger partial charge in [0.2, 0.25) is 5.91 Å². The normalized spacial score (nSPS) is 15.5. The number of fused-ring (bicyclic) bond motifs is 1. The number of rotatable bonds is 3. The van der Waals surface area contributed by atoms with Gasteiger partial charge in [0.05, 0.1) is 22.6 Å².